The Kier molecular flexibility index (Phi) is 7.02. The van der Waals surface area contributed by atoms with Gasteiger partial charge in [-0.05, 0) is 37.0 Å². The summed E-state index contributed by atoms with van der Waals surface area (Å²) in [5.74, 6) is -0.0282. The van der Waals surface area contributed by atoms with E-state index >= 15 is 0 Å². The molecule has 0 atom stereocenters. The second-order valence-corrected chi connectivity index (χ2v) is 6.11. The summed E-state index contributed by atoms with van der Waals surface area (Å²) in [5.41, 5.74) is 2.94. The minimum absolute atomic E-state index is 0.0282. The maximum Gasteiger partial charge on any atom is 0.251 e. The quantitative estimate of drug-likeness (QED) is 0.781. The van der Waals surface area contributed by atoms with Gasteiger partial charge in [0.05, 0.1) is 12.7 Å². The van der Waals surface area contributed by atoms with E-state index < -0.39 is 0 Å². The Labute approximate surface area is 139 Å². The van der Waals surface area contributed by atoms with Crippen LogP contribution in [0.25, 0.3) is 0 Å². The van der Waals surface area contributed by atoms with Crippen molar-refractivity contribution in [1.82, 2.24) is 10.2 Å². The van der Waals surface area contributed by atoms with Gasteiger partial charge in [0.1, 0.15) is 0 Å². The predicted molar refractivity (Wildman–Crippen MR) is 90.7 cm³/mol. The van der Waals surface area contributed by atoms with E-state index in [1.807, 2.05) is 19.1 Å². The van der Waals surface area contributed by atoms with Gasteiger partial charge >= 0.3 is 0 Å². The molecule has 23 heavy (non-hydrogen) atoms. The minimum Gasteiger partial charge on any atom is -0.383 e. The van der Waals surface area contributed by atoms with Gasteiger partial charge in [0.2, 0.25) is 0 Å². The van der Waals surface area contributed by atoms with Gasteiger partial charge in [-0.25, -0.2) is 0 Å². The van der Waals surface area contributed by atoms with Crippen LogP contribution in [-0.2, 0) is 16.0 Å². The van der Waals surface area contributed by atoms with Crippen molar-refractivity contribution in [3.63, 3.8) is 0 Å². The number of nitrogens with one attached hydrogen (secondary N) is 1. The zero-order chi connectivity index (χ0) is 16.7. The number of rotatable bonds is 7. The molecule has 0 radical (unpaired) electrons. The van der Waals surface area contributed by atoms with Crippen LogP contribution in [0.2, 0.25) is 0 Å². The van der Waals surface area contributed by atoms with Crippen LogP contribution in [0.1, 0.15) is 34.3 Å². The predicted octanol–water partition coefficient (Wildman–Crippen LogP) is 1.98. The molecule has 1 aromatic carbocycles. The maximum absolute atomic E-state index is 12.3. The number of likely N-dealkylation sites (tertiary alicyclic amines) is 1. The molecule has 1 aliphatic heterocycles. The molecule has 1 heterocycles. The number of carbonyl (C=O) groups is 1. The Balaban J connectivity index is 1.95. The molecule has 128 valence electrons. The smallest absolute Gasteiger partial charge is 0.251 e. The zero-order valence-electron chi connectivity index (χ0n) is 14.4. The third-order valence-electron chi connectivity index (χ3n) is 4.41. The van der Waals surface area contributed by atoms with Crippen LogP contribution >= 0.6 is 0 Å². The second-order valence-electron chi connectivity index (χ2n) is 6.11. The fraction of sp³-hybridized carbons (Fsp3) is 0.611. The fourth-order valence-electron chi connectivity index (χ4n) is 2.94. The molecule has 0 saturated carbocycles. The molecular weight excluding hydrogens is 292 g/mol. The normalized spacial score (nSPS) is 16.5. The van der Waals surface area contributed by atoms with E-state index in [0.29, 0.717) is 19.3 Å². The number of methoxy groups -OCH3 is 2. The summed E-state index contributed by atoms with van der Waals surface area (Å²) >= 11 is 0. The molecule has 0 unspecified atom stereocenters. The average molecular weight is 320 g/mol. The van der Waals surface area contributed by atoms with Gasteiger partial charge in [0.25, 0.3) is 5.91 Å². The van der Waals surface area contributed by atoms with Crippen LogP contribution in [-0.4, -0.2) is 57.4 Å². The van der Waals surface area contributed by atoms with E-state index in [1.54, 1.807) is 14.2 Å². The number of aryl methyl sites for hydroxylation is 1. The van der Waals surface area contributed by atoms with Crippen LogP contribution in [0.4, 0.5) is 0 Å². The molecule has 1 N–H and O–H groups in total. The lowest BCUT2D eigenvalue weighted by atomic mass is 10.0. The first-order chi connectivity index (χ1) is 11.1. The van der Waals surface area contributed by atoms with Crippen molar-refractivity contribution in [2.75, 3.05) is 40.5 Å². The number of ether oxygens (including phenoxy) is 2. The molecular formula is C18H28N2O3. The minimum atomic E-state index is -0.0282. The lowest BCUT2D eigenvalue weighted by Crippen LogP contribution is -2.36. The first kappa shape index (κ1) is 17.9. The Morgan fingerprint density at radius 1 is 1.30 bits per heavy atom. The van der Waals surface area contributed by atoms with Crippen molar-refractivity contribution in [2.24, 2.45) is 0 Å². The van der Waals surface area contributed by atoms with Gasteiger partial charge in [-0.1, -0.05) is 12.1 Å². The molecule has 5 nitrogen and oxygen atoms in total. The molecule has 0 aliphatic carbocycles. The Morgan fingerprint density at radius 2 is 2.04 bits per heavy atom. The SMILES string of the molecule is COCCNC(=O)c1cc(CN2CCC(OC)CC2)ccc1C. The molecule has 0 bridgehead atoms. The zero-order valence-corrected chi connectivity index (χ0v) is 14.4. The van der Waals surface area contributed by atoms with Crippen molar-refractivity contribution < 1.29 is 14.3 Å². The summed E-state index contributed by atoms with van der Waals surface area (Å²) in [5, 5.41) is 2.89. The molecule has 0 spiro atoms. The van der Waals surface area contributed by atoms with Crippen molar-refractivity contribution in [1.29, 1.82) is 0 Å². The summed E-state index contributed by atoms with van der Waals surface area (Å²) in [7, 11) is 3.42. The molecule has 5 heteroatoms. The highest BCUT2D eigenvalue weighted by Crippen LogP contribution is 2.18. The van der Waals surface area contributed by atoms with Gasteiger partial charge in [0.15, 0.2) is 0 Å². The molecule has 1 saturated heterocycles. The third kappa shape index (κ3) is 5.30. The van der Waals surface area contributed by atoms with Gasteiger partial charge in [-0.3, -0.25) is 9.69 Å². The molecule has 1 fully saturated rings. The topological polar surface area (TPSA) is 50.8 Å². The maximum atomic E-state index is 12.3. The lowest BCUT2D eigenvalue weighted by Gasteiger charge is -2.31. The van der Waals surface area contributed by atoms with Crippen LogP contribution in [0.3, 0.4) is 0 Å². The number of hydrogen-bond acceptors (Lipinski definition) is 4. The third-order valence-corrected chi connectivity index (χ3v) is 4.41. The van der Waals surface area contributed by atoms with Gasteiger partial charge in [-0.15, -0.1) is 0 Å². The Hall–Kier alpha value is -1.43. The lowest BCUT2D eigenvalue weighted by molar-refractivity contribution is 0.0388. The van der Waals surface area contributed by atoms with E-state index in [1.165, 1.54) is 5.56 Å². The van der Waals surface area contributed by atoms with Crippen LogP contribution < -0.4 is 5.32 Å². The number of benzene rings is 1. The van der Waals surface area contributed by atoms with Crippen LogP contribution in [0.5, 0.6) is 0 Å². The number of amides is 1. The highest BCUT2D eigenvalue weighted by atomic mass is 16.5. The number of piperidine rings is 1. The van der Waals surface area contributed by atoms with Gasteiger partial charge in [-0.2, -0.15) is 0 Å². The highest BCUT2D eigenvalue weighted by molar-refractivity contribution is 5.95. The van der Waals surface area contributed by atoms with Crippen molar-refractivity contribution in [3.8, 4) is 0 Å². The van der Waals surface area contributed by atoms with E-state index in [-0.39, 0.29) is 5.91 Å². The standard InChI is InChI=1S/C18H28N2O3/c1-14-4-5-15(12-17(14)18(21)19-8-11-22-2)13-20-9-6-16(23-3)7-10-20/h4-5,12,16H,6-11,13H2,1-3H3,(H,19,21). The van der Waals surface area contributed by atoms with E-state index in [2.05, 4.69) is 16.3 Å². The second kappa shape index (κ2) is 9.01. The van der Waals surface area contributed by atoms with Crippen molar-refractivity contribution in [2.45, 2.75) is 32.4 Å². The van der Waals surface area contributed by atoms with E-state index in [0.717, 1.165) is 43.6 Å². The number of hydrogen-bond donors (Lipinski definition) is 1. The van der Waals surface area contributed by atoms with Crippen molar-refractivity contribution in [3.05, 3.63) is 34.9 Å². The van der Waals surface area contributed by atoms with E-state index in [4.69, 9.17) is 9.47 Å². The van der Waals surface area contributed by atoms with Gasteiger partial charge < -0.3 is 14.8 Å². The number of nitrogens with zero attached hydrogens (tertiary/aromatic N) is 1. The van der Waals surface area contributed by atoms with Gasteiger partial charge in [0, 0.05) is 46.0 Å². The number of carbonyl (C=O) groups excluding carboxylic acids is 1. The average Bonchev–Trinajstić information content (AvgIpc) is 2.57. The summed E-state index contributed by atoms with van der Waals surface area (Å²) in [4.78, 5) is 14.7. The summed E-state index contributed by atoms with van der Waals surface area (Å²) in [6.45, 7) is 6.00. The highest BCUT2D eigenvalue weighted by Gasteiger charge is 2.19. The van der Waals surface area contributed by atoms with Crippen LogP contribution in [0, 0.1) is 6.92 Å². The molecule has 1 aromatic rings. The molecule has 1 amide bonds. The summed E-state index contributed by atoms with van der Waals surface area (Å²) in [6, 6.07) is 6.16. The molecule has 1 aliphatic rings. The van der Waals surface area contributed by atoms with Crippen LogP contribution in [0.15, 0.2) is 18.2 Å². The molecule has 0 aromatic heterocycles. The summed E-state index contributed by atoms with van der Waals surface area (Å²) in [6.07, 6.45) is 2.55. The first-order valence-electron chi connectivity index (χ1n) is 8.26. The Bertz CT molecular complexity index is 511. The fourth-order valence-corrected chi connectivity index (χ4v) is 2.94. The molecule has 2 rings (SSSR count). The monoisotopic (exact) mass is 320 g/mol. The van der Waals surface area contributed by atoms with Crippen molar-refractivity contribution >= 4 is 5.91 Å². The van der Waals surface area contributed by atoms with E-state index in [9.17, 15) is 4.79 Å². The first-order valence-corrected chi connectivity index (χ1v) is 8.26. The summed E-state index contributed by atoms with van der Waals surface area (Å²) < 4.78 is 10.4. The Morgan fingerprint density at radius 3 is 2.70 bits per heavy atom. The largest absolute Gasteiger partial charge is 0.383 e.